The third-order valence-corrected chi connectivity index (χ3v) is 3.11. The molecular formula is C14H13N3O4. The van der Waals surface area contributed by atoms with Crippen molar-refractivity contribution in [3.63, 3.8) is 0 Å². The van der Waals surface area contributed by atoms with Crippen molar-refractivity contribution in [2.45, 2.75) is 6.54 Å². The van der Waals surface area contributed by atoms with Crippen molar-refractivity contribution in [1.29, 1.82) is 0 Å². The van der Waals surface area contributed by atoms with Gasteiger partial charge in [-0.05, 0) is 12.1 Å². The molecule has 1 aliphatic heterocycles. The van der Waals surface area contributed by atoms with Crippen LogP contribution in [-0.2, 0) is 6.54 Å². The lowest BCUT2D eigenvalue weighted by atomic mass is 10.1. The highest BCUT2D eigenvalue weighted by atomic mass is 16.6. The van der Waals surface area contributed by atoms with Gasteiger partial charge in [-0.25, -0.2) is 0 Å². The van der Waals surface area contributed by atoms with Crippen LogP contribution in [0.4, 0.5) is 11.4 Å². The molecule has 2 heterocycles. The maximum Gasteiger partial charge on any atom is 0.310 e. The van der Waals surface area contributed by atoms with Gasteiger partial charge in [0, 0.05) is 18.3 Å². The molecule has 0 saturated carbocycles. The predicted octanol–water partition coefficient (Wildman–Crippen LogP) is 2.37. The molecular weight excluding hydrogens is 274 g/mol. The van der Waals surface area contributed by atoms with Crippen LogP contribution in [0.25, 0.3) is 0 Å². The van der Waals surface area contributed by atoms with Crippen LogP contribution < -0.4 is 14.8 Å². The molecule has 0 atom stereocenters. The average Bonchev–Trinajstić information content (AvgIpc) is 2.53. The SMILES string of the molecule is O=[N+]([O-])c1cnccc1NCc1cccc2c1OCCO2. The Labute approximate surface area is 120 Å². The summed E-state index contributed by atoms with van der Waals surface area (Å²) in [7, 11) is 0. The van der Waals surface area contributed by atoms with Crippen molar-refractivity contribution in [2.24, 2.45) is 0 Å². The molecule has 0 saturated heterocycles. The lowest BCUT2D eigenvalue weighted by Crippen LogP contribution is -2.17. The van der Waals surface area contributed by atoms with E-state index >= 15 is 0 Å². The number of anilines is 1. The number of hydrogen-bond acceptors (Lipinski definition) is 6. The first-order valence-corrected chi connectivity index (χ1v) is 6.45. The van der Waals surface area contributed by atoms with E-state index < -0.39 is 4.92 Å². The molecule has 7 nitrogen and oxygen atoms in total. The molecule has 0 fully saturated rings. The highest BCUT2D eigenvalue weighted by molar-refractivity contribution is 5.60. The number of nitrogens with zero attached hydrogens (tertiary/aromatic N) is 2. The molecule has 0 bridgehead atoms. The van der Waals surface area contributed by atoms with E-state index in [9.17, 15) is 10.1 Å². The van der Waals surface area contributed by atoms with Crippen LogP contribution in [0.3, 0.4) is 0 Å². The summed E-state index contributed by atoms with van der Waals surface area (Å²) in [6, 6.07) is 7.18. The Hall–Kier alpha value is -2.83. The first-order chi connectivity index (χ1) is 10.3. The maximum atomic E-state index is 10.9. The summed E-state index contributed by atoms with van der Waals surface area (Å²) in [5.41, 5.74) is 1.25. The van der Waals surface area contributed by atoms with E-state index in [-0.39, 0.29) is 5.69 Å². The second kappa shape index (κ2) is 5.66. The molecule has 0 radical (unpaired) electrons. The fraction of sp³-hybridized carbons (Fsp3) is 0.214. The summed E-state index contributed by atoms with van der Waals surface area (Å²) < 4.78 is 11.1. The van der Waals surface area contributed by atoms with Gasteiger partial charge in [-0.1, -0.05) is 12.1 Å². The normalized spacial score (nSPS) is 12.8. The summed E-state index contributed by atoms with van der Waals surface area (Å²) in [5, 5.41) is 14.0. The van der Waals surface area contributed by atoms with Crippen LogP contribution in [0.1, 0.15) is 5.56 Å². The minimum atomic E-state index is -0.463. The highest BCUT2D eigenvalue weighted by Gasteiger charge is 2.17. The van der Waals surface area contributed by atoms with Crippen LogP contribution in [0.15, 0.2) is 36.7 Å². The third kappa shape index (κ3) is 2.71. The van der Waals surface area contributed by atoms with Gasteiger partial charge < -0.3 is 14.8 Å². The van der Waals surface area contributed by atoms with E-state index in [4.69, 9.17) is 9.47 Å². The summed E-state index contributed by atoms with van der Waals surface area (Å²) in [6.07, 6.45) is 2.73. The molecule has 0 unspecified atom stereocenters. The van der Waals surface area contributed by atoms with Crippen molar-refractivity contribution in [2.75, 3.05) is 18.5 Å². The molecule has 1 aliphatic rings. The quantitative estimate of drug-likeness (QED) is 0.686. The Kier molecular flexibility index (Phi) is 3.55. The summed E-state index contributed by atoms with van der Waals surface area (Å²) in [5.74, 6) is 1.39. The van der Waals surface area contributed by atoms with E-state index in [1.165, 1.54) is 12.4 Å². The maximum absolute atomic E-state index is 10.9. The Bertz CT molecular complexity index is 675. The summed E-state index contributed by atoms with van der Waals surface area (Å²) in [6.45, 7) is 1.43. The number of ether oxygens (including phenoxy) is 2. The second-order valence-electron chi connectivity index (χ2n) is 4.44. The number of pyridine rings is 1. The van der Waals surface area contributed by atoms with Crippen LogP contribution in [-0.4, -0.2) is 23.1 Å². The van der Waals surface area contributed by atoms with Gasteiger partial charge in [0.15, 0.2) is 11.5 Å². The van der Waals surface area contributed by atoms with E-state index in [0.29, 0.717) is 36.9 Å². The van der Waals surface area contributed by atoms with E-state index in [2.05, 4.69) is 10.3 Å². The van der Waals surface area contributed by atoms with Crippen LogP contribution >= 0.6 is 0 Å². The monoisotopic (exact) mass is 287 g/mol. The van der Waals surface area contributed by atoms with Crippen LogP contribution in [0, 0.1) is 10.1 Å². The van der Waals surface area contributed by atoms with Gasteiger partial charge in [0.2, 0.25) is 0 Å². The highest BCUT2D eigenvalue weighted by Crippen LogP contribution is 2.34. The van der Waals surface area contributed by atoms with Crippen molar-refractivity contribution in [3.8, 4) is 11.5 Å². The molecule has 21 heavy (non-hydrogen) atoms. The topological polar surface area (TPSA) is 86.5 Å². The molecule has 108 valence electrons. The Morgan fingerprint density at radius 2 is 2.14 bits per heavy atom. The van der Waals surface area contributed by atoms with Crippen LogP contribution in [0.2, 0.25) is 0 Å². The Balaban J connectivity index is 1.81. The van der Waals surface area contributed by atoms with Gasteiger partial charge in [-0.15, -0.1) is 0 Å². The molecule has 1 N–H and O–H groups in total. The van der Waals surface area contributed by atoms with Crippen molar-refractivity contribution in [3.05, 3.63) is 52.3 Å². The van der Waals surface area contributed by atoms with Gasteiger partial charge >= 0.3 is 5.69 Å². The molecule has 0 spiro atoms. The van der Waals surface area contributed by atoms with Gasteiger partial charge in [0.25, 0.3) is 0 Å². The first kappa shape index (κ1) is 13.2. The van der Waals surface area contributed by atoms with Crippen molar-refractivity contribution < 1.29 is 14.4 Å². The fourth-order valence-electron chi connectivity index (χ4n) is 2.14. The molecule has 2 aromatic rings. The van der Waals surface area contributed by atoms with Gasteiger partial charge in [-0.3, -0.25) is 15.1 Å². The van der Waals surface area contributed by atoms with Crippen molar-refractivity contribution in [1.82, 2.24) is 4.98 Å². The molecule has 3 rings (SSSR count). The van der Waals surface area contributed by atoms with E-state index in [1.54, 1.807) is 6.07 Å². The van der Waals surface area contributed by atoms with E-state index in [1.807, 2.05) is 18.2 Å². The fourth-order valence-corrected chi connectivity index (χ4v) is 2.14. The predicted molar refractivity (Wildman–Crippen MR) is 75.7 cm³/mol. The largest absolute Gasteiger partial charge is 0.486 e. The van der Waals surface area contributed by atoms with Gasteiger partial charge in [-0.2, -0.15) is 0 Å². The summed E-state index contributed by atoms with van der Waals surface area (Å²) >= 11 is 0. The minimum Gasteiger partial charge on any atom is -0.486 e. The number of fused-ring (bicyclic) bond motifs is 1. The van der Waals surface area contributed by atoms with Gasteiger partial charge in [0.1, 0.15) is 25.1 Å². The zero-order valence-corrected chi connectivity index (χ0v) is 11.1. The lowest BCUT2D eigenvalue weighted by Gasteiger charge is -2.21. The zero-order valence-electron chi connectivity index (χ0n) is 11.1. The minimum absolute atomic E-state index is 0.0560. The second-order valence-corrected chi connectivity index (χ2v) is 4.44. The Morgan fingerprint density at radius 1 is 1.29 bits per heavy atom. The molecule has 1 aromatic heterocycles. The number of nitro groups is 1. The number of benzene rings is 1. The summed E-state index contributed by atoms with van der Waals surface area (Å²) in [4.78, 5) is 14.2. The van der Waals surface area contributed by atoms with Gasteiger partial charge in [0.05, 0.1) is 4.92 Å². The average molecular weight is 287 g/mol. The molecule has 0 aliphatic carbocycles. The smallest absolute Gasteiger partial charge is 0.310 e. The third-order valence-electron chi connectivity index (χ3n) is 3.11. The van der Waals surface area contributed by atoms with Crippen LogP contribution in [0.5, 0.6) is 11.5 Å². The number of aromatic nitrogens is 1. The zero-order chi connectivity index (χ0) is 14.7. The lowest BCUT2D eigenvalue weighted by molar-refractivity contribution is -0.384. The molecule has 7 heteroatoms. The molecule has 0 amide bonds. The van der Waals surface area contributed by atoms with Crippen molar-refractivity contribution >= 4 is 11.4 Å². The Morgan fingerprint density at radius 3 is 3.00 bits per heavy atom. The number of nitrogens with one attached hydrogen (secondary N) is 1. The first-order valence-electron chi connectivity index (χ1n) is 6.45. The van der Waals surface area contributed by atoms with E-state index in [0.717, 1.165) is 5.56 Å². The number of rotatable bonds is 4. The number of para-hydroxylation sites is 1. The molecule has 1 aromatic carbocycles. The standard InChI is InChI=1S/C14H13N3O4/c18-17(19)12-9-15-5-4-11(12)16-8-10-2-1-3-13-14(10)21-7-6-20-13/h1-5,9H,6-8H2,(H,15,16). The number of hydrogen-bond donors (Lipinski definition) is 1.